The van der Waals surface area contributed by atoms with E-state index in [-0.39, 0.29) is 12.7 Å². The summed E-state index contributed by atoms with van der Waals surface area (Å²) in [5.41, 5.74) is 0.848. The highest BCUT2D eigenvalue weighted by atomic mass is 32.1. The largest absolute Gasteiger partial charge is 0.494 e. The number of ether oxygens (including phenoxy) is 3. The molecule has 1 aromatic heterocycles. The van der Waals surface area contributed by atoms with Crippen molar-refractivity contribution in [3.8, 4) is 17.2 Å². The van der Waals surface area contributed by atoms with Gasteiger partial charge in [0.2, 0.25) is 17.8 Å². The molecule has 3 aromatic rings. The number of nitrogens with zero attached hydrogens (tertiary/aromatic N) is 2. The van der Waals surface area contributed by atoms with Crippen LogP contribution in [-0.4, -0.2) is 29.5 Å². The normalized spacial score (nSPS) is 12.3. The third-order valence-electron chi connectivity index (χ3n) is 4.07. The first kappa shape index (κ1) is 18.9. The molecule has 1 amide bonds. The number of rotatable bonds is 8. The smallest absolute Gasteiger partial charge is 0.250 e. The fourth-order valence-electron chi connectivity index (χ4n) is 2.67. The second-order valence-electron chi connectivity index (χ2n) is 6.20. The van der Waals surface area contributed by atoms with Gasteiger partial charge in [-0.2, -0.15) is 0 Å². The minimum Gasteiger partial charge on any atom is -0.494 e. The molecule has 0 saturated heterocycles. The lowest BCUT2D eigenvalue weighted by molar-refractivity contribution is -0.111. The van der Waals surface area contributed by atoms with E-state index in [2.05, 4.69) is 15.5 Å². The molecule has 148 valence electrons. The standard InChI is InChI=1S/C21H19N3O4S/c25-19(11-9-15-8-10-17-18(13-15)28-14-27-17)22-21-24-23-20(29-21)7-4-12-26-16-5-2-1-3-6-16/h1-3,5-6,8-11,13H,4,7,12,14H2,(H,22,24,25)/b11-9+. The monoisotopic (exact) mass is 409 g/mol. The number of benzene rings is 2. The van der Waals surface area contributed by atoms with Crippen LogP contribution in [-0.2, 0) is 11.2 Å². The molecule has 0 bridgehead atoms. The third kappa shape index (κ3) is 5.32. The summed E-state index contributed by atoms with van der Waals surface area (Å²) in [5.74, 6) is 1.98. The van der Waals surface area contributed by atoms with Crippen LogP contribution in [0.2, 0.25) is 0 Å². The van der Waals surface area contributed by atoms with E-state index in [1.54, 1.807) is 6.08 Å². The van der Waals surface area contributed by atoms with Gasteiger partial charge in [0.25, 0.3) is 0 Å². The van der Waals surface area contributed by atoms with Gasteiger partial charge in [-0.3, -0.25) is 10.1 Å². The number of hydrogen-bond acceptors (Lipinski definition) is 7. The van der Waals surface area contributed by atoms with Crippen LogP contribution in [0.4, 0.5) is 5.13 Å². The molecule has 29 heavy (non-hydrogen) atoms. The number of fused-ring (bicyclic) bond motifs is 1. The molecule has 0 saturated carbocycles. The highest BCUT2D eigenvalue weighted by Crippen LogP contribution is 2.32. The lowest BCUT2D eigenvalue weighted by atomic mass is 10.2. The summed E-state index contributed by atoms with van der Waals surface area (Å²) in [4.78, 5) is 12.1. The van der Waals surface area contributed by atoms with Gasteiger partial charge in [-0.15, -0.1) is 10.2 Å². The minimum absolute atomic E-state index is 0.223. The van der Waals surface area contributed by atoms with Gasteiger partial charge < -0.3 is 14.2 Å². The maximum atomic E-state index is 12.1. The van der Waals surface area contributed by atoms with Crippen molar-refractivity contribution in [3.63, 3.8) is 0 Å². The molecule has 0 spiro atoms. The maximum Gasteiger partial charge on any atom is 0.250 e. The van der Waals surface area contributed by atoms with Crippen LogP contribution in [0.15, 0.2) is 54.6 Å². The van der Waals surface area contributed by atoms with E-state index in [1.165, 1.54) is 17.4 Å². The fourth-order valence-corrected chi connectivity index (χ4v) is 3.46. The van der Waals surface area contributed by atoms with Crippen LogP contribution < -0.4 is 19.5 Å². The van der Waals surface area contributed by atoms with Crippen molar-refractivity contribution in [2.24, 2.45) is 0 Å². The SMILES string of the molecule is O=C(/C=C/c1ccc2c(c1)OCO2)Nc1nnc(CCCOc2ccccc2)s1. The molecular formula is C21H19N3O4S. The zero-order chi connectivity index (χ0) is 19.9. The highest BCUT2D eigenvalue weighted by Gasteiger charge is 2.12. The Morgan fingerprint density at radius 2 is 2.00 bits per heavy atom. The summed E-state index contributed by atoms with van der Waals surface area (Å²) in [6, 6.07) is 15.2. The summed E-state index contributed by atoms with van der Waals surface area (Å²) in [6.45, 7) is 0.824. The Morgan fingerprint density at radius 1 is 1.14 bits per heavy atom. The predicted molar refractivity (Wildman–Crippen MR) is 110 cm³/mol. The molecular weight excluding hydrogens is 390 g/mol. The molecule has 0 atom stereocenters. The van der Waals surface area contributed by atoms with Gasteiger partial charge in [0, 0.05) is 12.5 Å². The van der Waals surface area contributed by atoms with Crippen LogP contribution >= 0.6 is 11.3 Å². The molecule has 0 aliphatic carbocycles. The quantitative estimate of drug-likeness (QED) is 0.448. The van der Waals surface area contributed by atoms with Crippen molar-refractivity contribution in [2.75, 3.05) is 18.7 Å². The van der Waals surface area contributed by atoms with Crippen molar-refractivity contribution >= 4 is 28.5 Å². The number of anilines is 1. The summed E-state index contributed by atoms with van der Waals surface area (Å²) < 4.78 is 16.3. The maximum absolute atomic E-state index is 12.1. The van der Waals surface area contributed by atoms with Crippen molar-refractivity contribution < 1.29 is 19.0 Å². The Hall–Kier alpha value is -3.39. The van der Waals surface area contributed by atoms with Crippen LogP contribution in [0.3, 0.4) is 0 Å². The molecule has 1 aliphatic rings. The van der Waals surface area contributed by atoms with Gasteiger partial charge in [-0.1, -0.05) is 35.6 Å². The second kappa shape index (κ2) is 9.20. The molecule has 0 radical (unpaired) electrons. The van der Waals surface area contributed by atoms with Gasteiger partial charge in [0.05, 0.1) is 6.61 Å². The lowest BCUT2D eigenvalue weighted by Crippen LogP contribution is -2.07. The average Bonchev–Trinajstić information content (AvgIpc) is 3.39. The number of nitrogens with one attached hydrogen (secondary N) is 1. The van der Waals surface area contributed by atoms with Crippen molar-refractivity contribution in [2.45, 2.75) is 12.8 Å². The Morgan fingerprint density at radius 3 is 2.90 bits per heavy atom. The fraction of sp³-hybridized carbons (Fsp3) is 0.190. The van der Waals surface area contributed by atoms with Crippen molar-refractivity contribution in [1.82, 2.24) is 10.2 Å². The van der Waals surface area contributed by atoms with Gasteiger partial charge >= 0.3 is 0 Å². The molecule has 0 unspecified atom stereocenters. The number of hydrogen-bond donors (Lipinski definition) is 1. The van der Waals surface area contributed by atoms with Gasteiger partial charge in [-0.05, 0) is 42.3 Å². The summed E-state index contributed by atoms with van der Waals surface area (Å²) in [7, 11) is 0. The van der Waals surface area contributed by atoms with Crippen LogP contribution in [0, 0.1) is 0 Å². The first-order valence-corrected chi connectivity index (χ1v) is 9.97. The van der Waals surface area contributed by atoms with E-state index in [0.29, 0.717) is 23.2 Å². The molecule has 1 aliphatic heterocycles. The van der Waals surface area contributed by atoms with Gasteiger partial charge in [-0.25, -0.2) is 0 Å². The van der Waals surface area contributed by atoms with E-state index in [1.807, 2.05) is 48.5 Å². The minimum atomic E-state index is -0.266. The average molecular weight is 409 g/mol. The first-order chi connectivity index (χ1) is 14.3. The highest BCUT2D eigenvalue weighted by molar-refractivity contribution is 7.15. The number of amides is 1. The van der Waals surface area contributed by atoms with Crippen molar-refractivity contribution in [3.05, 3.63) is 65.2 Å². The molecule has 7 nitrogen and oxygen atoms in total. The Kier molecular flexibility index (Phi) is 6.01. The van der Waals surface area contributed by atoms with Crippen LogP contribution in [0.25, 0.3) is 6.08 Å². The summed E-state index contributed by atoms with van der Waals surface area (Å²) >= 11 is 1.37. The van der Waals surface area contributed by atoms with Crippen LogP contribution in [0.5, 0.6) is 17.2 Å². The van der Waals surface area contributed by atoms with Gasteiger partial charge in [0.15, 0.2) is 11.5 Å². The third-order valence-corrected chi connectivity index (χ3v) is 4.97. The van der Waals surface area contributed by atoms with E-state index < -0.39 is 0 Å². The number of carbonyl (C=O) groups excluding carboxylic acids is 1. The predicted octanol–water partition coefficient (Wildman–Crippen LogP) is 3.93. The summed E-state index contributed by atoms with van der Waals surface area (Å²) in [5, 5.41) is 12.2. The Bertz CT molecular complexity index is 1000. The lowest BCUT2D eigenvalue weighted by Gasteiger charge is -2.04. The number of para-hydroxylation sites is 1. The van der Waals surface area contributed by atoms with E-state index in [0.717, 1.165) is 29.2 Å². The zero-order valence-corrected chi connectivity index (χ0v) is 16.4. The molecule has 4 rings (SSSR count). The zero-order valence-electron chi connectivity index (χ0n) is 15.5. The molecule has 2 heterocycles. The van der Waals surface area contributed by atoms with Gasteiger partial charge in [0.1, 0.15) is 10.8 Å². The number of aromatic nitrogens is 2. The molecule has 8 heteroatoms. The Balaban J connectivity index is 1.22. The first-order valence-electron chi connectivity index (χ1n) is 9.15. The van der Waals surface area contributed by atoms with E-state index in [4.69, 9.17) is 14.2 Å². The Labute approximate surface area is 172 Å². The van der Waals surface area contributed by atoms with E-state index >= 15 is 0 Å². The second-order valence-corrected chi connectivity index (χ2v) is 7.26. The number of aryl methyl sites for hydroxylation is 1. The molecule has 2 aromatic carbocycles. The molecule has 0 fully saturated rings. The topological polar surface area (TPSA) is 82.6 Å². The molecule has 1 N–H and O–H groups in total. The summed E-state index contributed by atoms with van der Waals surface area (Å²) in [6.07, 6.45) is 4.72. The number of carbonyl (C=O) groups is 1. The van der Waals surface area contributed by atoms with Crippen LogP contribution in [0.1, 0.15) is 17.0 Å². The van der Waals surface area contributed by atoms with E-state index in [9.17, 15) is 4.79 Å². The van der Waals surface area contributed by atoms with Crippen molar-refractivity contribution in [1.29, 1.82) is 0 Å².